The van der Waals surface area contributed by atoms with E-state index in [9.17, 15) is 9.59 Å². The quantitative estimate of drug-likeness (QED) is 0.564. The molecule has 1 aliphatic heterocycles. The van der Waals surface area contributed by atoms with E-state index >= 15 is 0 Å². The van der Waals surface area contributed by atoms with Crippen molar-refractivity contribution >= 4 is 11.9 Å². The van der Waals surface area contributed by atoms with Crippen LogP contribution >= 0.6 is 0 Å². The number of hydrogen-bond donors (Lipinski definition) is 0. The first-order valence-electron chi connectivity index (χ1n) is 5.93. The van der Waals surface area contributed by atoms with E-state index in [4.69, 9.17) is 4.74 Å². The monoisotopic (exact) mass is 255 g/mol. The van der Waals surface area contributed by atoms with Gasteiger partial charge in [-0.05, 0) is 13.8 Å². The van der Waals surface area contributed by atoms with E-state index in [1.54, 1.807) is 18.1 Å². The third-order valence-corrected chi connectivity index (χ3v) is 3.06. The van der Waals surface area contributed by atoms with E-state index in [2.05, 4.69) is 4.74 Å². The number of carbonyl (C=O) groups is 2. The molecule has 1 atom stereocenters. The fourth-order valence-corrected chi connectivity index (χ4v) is 2.29. The first-order chi connectivity index (χ1) is 8.26. The van der Waals surface area contributed by atoms with Crippen LogP contribution < -0.4 is 0 Å². The fourth-order valence-electron chi connectivity index (χ4n) is 2.29. The van der Waals surface area contributed by atoms with Gasteiger partial charge in [0.25, 0.3) is 5.91 Å². The molecule has 102 valence electrons. The normalized spacial score (nSPS) is 23.1. The molecule has 0 aromatic heterocycles. The Morgan fingerprint density at radius 2 is 1.94 bits per heavy atom. The molecule has 18 heavy (non-hydrogen) atoms. The van der Waals surface area contributed by atoms with E-state index in [0.717, 1.165) is 0 Å². The Morgan fingerprint density at radius 3 is 2.33 bits per heavy atom. The summed E-state index contributed by atoms with van der Waals surface area (Å²) >= 11 is 0. The summed E-state index contributed by atoms with van der Waals surface area (Å²) in [6.45, 7) is 7.62. The Balaban J connectivity index is 3.29. The van der Waals surface area contributed by atoms with Crippen LogP contribution in [0.3, 0.4) is 0 Å². The summed E-state index contributed by atoms with van der Waals surface area (Å²) in [7, 11) is 2.83. The van der Waals surface area contributed by atoms with Gasteiger partial charge in [0.15, 0.2) is 0 Å². The summed E-state index contributed by atoms with van der Waals surface area (Å²) in [6, 6.07) is -0.0601. The van der Waals surface area contributed by atoms with Gasteiger partial charge in [0.1, 0.15) is 11.8 Å². The van der Waals surface area contributed by atoms with Crippen molar-refractivity contribution in [2.75, 3.05) is 14.2 Å². The summed E-state index contributed by atoms with van der Waals surface area (Å²) in [6.07, 6.45) is 1.24. The van der Waals surface area contributed by atoms with Gasteiger partial charge >= 0.3 is 5.97 Å². The highest BCUT2D eigenvalue weighted by atomic mass is 16.5. The van der Waals surface area contributed by atoms with Gasteiger partial charge in [0, 0.05) is 18.6 Å². The molecule has 0 radical (unpaired) electrons. The largest absolute Gasteiger partial charge is 0.465 e. The highest BCUT2D eigenvalue weighted by Gasteiger charge is 2.44. The van der Waals surface area contributed by atoms with Crippen LogP contribution in [-0.4, -0.2) is 43.3 Å². The minimum Gasteiger partial charge on any atom is -0.465 e. The summed E-state index contributed by atoms with van der Waals surface area (Å²) in [5, 5.41) is 0. The average molecular weight is 255 g/mol. The molecule has 0 aromatic rings. The first-order valence-corrected chi connectivity index (χ1v) is 5.93. The summed E-state index contributed by atoms with van der Waals surface area (Å²) in [5.74, 6) is -0.948. The molecule has 0 saturated carbocycles. The Hall–Kier alpha value is -1.36. The molecule has 1 unspecified atom stereocenters. The van der Waals surface area contributed by atoms with Gasteiger partial charge in [-0.1, -0.05) is 19.9 Å². The van der Waals surface area contributed by atoms with Crippen LogP contribution in [0.4, 0.5) is 0 Å². The first kappa shape index (κ1) is 14.7. The molecule has 5 heteroatoms. The van der Waals surface area contributed by atoms with Crippen molar-refractivity contribution < 1.29 is 19.1 Å². The van der Waals surface area contributed by atoms with Crippen molar-refractivity contribution in [1.29, 1.82) is 0 Å². The number of rotatable bonds is 3. The summed E-state index contributed by atoms with van der Waals surface area (Å²) in [4.78, 5) is 25.5. The topological polar surface area (TPSA) is 55.8 Å². The van der Waals surface area contributed by atoms with Gasteiger partial charge in [-0.3, -0.25) is 4.79 Å². The fraction of sp³-hybridized carbons (Fsp3) is 0.692. The molecule has 0 fully saturated rings. The van der Waals surface area contributed by atoms with Crippen molar-refractivity contribution in [1.82, 2.24) is 4.90 Å². The zero-order chi connectivity index (χ0) is 14.1. The minimum atomic E-state index is -0.603. The molecule has 0 aromatic carbocycles. The summed E-state index contributed by atoms with van der Waals surface area (Å²) < 4.78 is 10.1. The molecule has 0 saturated heterocycles. The Kier molecular flexibility index (Phi) is 4.16. The average Bonchev–Trinajstić information content (AvgIpc) is 2.29. The van der Waals surface area contributed by atoms with Crippen LogP contribution in [0.25, 0.3) is 0 Å². The van der Waals surface area contributed by atoms with Gasteiger partial charge < -0.3 is 14.4 Å². The number of carbonyl (C=O) groups excluding carboxylic acids is 2. The van der Waals surface area contributed by atoms with Crippen LogP contribution in [0.15, 0.2) is 11.6 Å². The molecule has 1 amide bonds. The molecule has 1 rings (SSSR count). The lowest BCUT2D eigenvalue weighted by molar-refractivity contribution is -0.160. The second-order valence-corrected chi connectivity index (χ2v) is 5.27. The van der Waals surface area contributed by atoms with E-state index in [0.29, 0.717) is 0 Å². The molecule has 5 nitrogen and oxygen atoms in total. The third kappa shape index (κ3) is 2.41. The number of ether oxygens (including phenoxy) is 2. The molecule has 0 bridgehead atoms. The maximum absolute atomic E-state index is 12.3. The van der Waals surface area contributed by atoms with Crippen molar-refractivity contribution in [2.24, 2.45) is 5.41 Å². The Bertz CT molecular complexity index is 384. The van der Waals surface area contributed by atoms with Crippen LogP contribution in [0.2, 0.25) is 0 Å². The van der Waals surface area contributed by atoms with Crippen LogP contribution in [0.5, 0.6) is 0 Å². The molecule has 0 aliphatic carbocycles. The number of methoxy groups -OCH3 is 2. The minimum absolute atomic E-state index is 0.0601. The molecule has 1 aliphatic rings. The smallest absolute Gasteiger partial charge is 0.343 e. The summed E-state index contributed by atoms with van der Waals surface area (Å²) in [5.41, 5.74) is -0.374. The van der Waals surface area contributed by atoms with E-state index < -0.39 is 17.6 Å². The number of hydrogen-bond acceptors (Lipinski definition) is 4. The Labute approximate surface area is 108 Å². The zero-order valence-corrected chi connectivity index (χ0v) is 11.8. The van der Waals surface area contributed by atoms with Crippen molar-refractivity contribution in [2.45, 2.75) is 40.0 Å². The third-order valence-electron chi connectivity index (χ3n) is 3.06. The molecular formula is C13H21NO4. The van der Waals surface area contributed by atoms with Crippen molar-refractivity contribution in [3.8, 4) is 0 Å². The molecule has 1 heterocycles. The van der Waals surface area contributed by atoms with Gasteiger partial charge in [0.05, 0.1) is 7.11 Å². The van der Waals surface area contributed by atoms with E-state index in [-0.39, 0.29) is 17.5 Å². The SMILES string of the molecule is COC(=O)C1=CC(C)(C)C(OC)N(C(C)C)C1=O. The zero-order valence-electron chi connectivity index (χ0n) is 11.8. The highest BCUT2D eigenvalue weighted by Crippen LogP contribution is 2.35. The number of amides is 1. The van der Waals surface area contributed by atoms with Gasteiger partial charge in [-0.25, -0.2) is 4.79 Å². The van der Waals surface area contributed by atoms with Crippen LogP contribution in [0.1, 0.15) is 27.7 Å². The second-order valence-electron chi connectivity index (χ2n) is 5.27. The lowest BCUT2D eigenvalue weighted by Gasteiger charge is -2.45. The van der Waals surface area contributed by atoms with Crippen LogP contribution in [0, 0.1) is 5.41 Å². The van der Waals surface area contributed by atoms with E-state index in [1.807, 2.05) is 27.7 Å². The van der Waals surface area contributed by atoms with E-state index in [1.165, 1.54) is 7.11 Å². The maximum atomic E-state index is 12.3. The van der Waals surface area contributed by atoms with Crippen LogP contribution in [-0.2, 0) is 19.1 Å². The molecule has 0 spiro atoms. The standard InChI is InChI=1S/C13H21NO4/c1-8(2)14-10(15)9(11(16)17-5)7-13(3,4)12(14)18-6/h7-8,12H,1-6H3. The molecular weight excluding hydrogens is 234 g/mol. The maximum Gasteiger partial charge on any atom is 0.343 e. The highest BCUT2D eigenvalue weighted by molar-refractivity contribution is 6.17. The van der Waals surface area contributed by atoms with Crippen molar-refractivity contribution in [3.05, 3.63) is 11.6 Å². The predicted molar refractivity (Wildman–Crippen MR) is 66.7 cm³/mol. The van der Waals surface area contributed by atoms with Crippen molar-refractivity contribution in [3.63, 3.8) is 0 Å². The lowest BCUT2D eigenvalue weighted by atomic mass is 9.83. The van der Waals surface area contributed by atoms with Gasteiger partial charge in [-0.2, -0.15) is 0 Å². The van der Waals surface area contributed by atoms with Gasteiger partial charge in [0.2, 0.25) is 0 Å². The number of esters is 1. The second kappa shape index (κ2) is 5.10. The lowest BCUT2D eigenvalue weighted by Crippen LogP contribution is -2.56. The molecule has 0 N–H and O–H groups in total. The predicted octanol–water partition coefficient (Wildman–Crippen LogP) is 1.34. The Morgan fingerprint density at radius 1 is 1.39 bits per heavy atom. The number of nitrogens with zero attached hydrogens (tertiary/aromatic N) is 1. The van der Waals surface area contributed by atoms with Gasteiger partial charge in [-0.15, -0.1) is 0 Å².